The van der Waals surface area contributed by atoms with Crippen LogP contribution in [0.3, 0.4) is 0 Å². The number of ether oxygens (including phenoxy) is 3. The van der Waals surface area contributed by atoms with Gasteiger partial charge in [0.15, 0.2) is 6.10 Å². The molecule has 0 fully saturated rings. The second-order valence-electron chi connectivity index (χ2n) is 17.8. The minimum absolute atomic E-state index is 0.0799. The van der Waals surface area contributed by atoms with Gasteiger partial charge in [-0.2, -0.15) is 0 Å². The number of hydrogen-bond donors (Lipinski definition) is 0. The van der Waals surface area contributed by atoms with Crippen molar-refractivity contribution in [3.05, 3.63) is 72.9 Å². The lowest BCUT2D eigenvalue weighted by atomic mass is 10.0. The van der Waals surface area contributed by atoms with Gasteiger partial charge < -0.3 is 14.2 Å². The lowest BCUT2D eigenvalue weighted by molar-refractivity contribution is -0.167. The van der Waals surface area contributed by atoms with Crippen molar-refractivity contribution in [1.82, 2.24) is 0 Å². The van der Waals surface area contributed by atoms with Crippen LogP contribution in [0.25, 0.3) is 0 Å². The van der Waals surface area contributed by atoms with Crippen molar-refractivity contribution >= 4 is 17.9 Å². The predicted molar refractivity (Wildman–Crippen MR) is 274 cm³/mol. The van der Waals surface area contributed by atoms with E-state index in [1.807, 2.05) is 0 Å². The van der Waals surface area contributed by atoms with Gasteiger partial charge in [0.2, 0.25) is 0 Å². The Morgan fingerprint density at radius 2 is 0.641 bits per heavy atom. The predicted octanol–water partition coefficient (Wildman–Crippen LogP) is 17.8. The summed E-state index contributed by atoms with van der Waals surface area (Å²) in [6.45, 7) is 6.42. The van der Waals surface area contributed by atoms with Crippen LogP contribution in [0.5, 0.6) is 0 Å². The Morgan fingerprint density at radius 1 is 0.328 bits per heavy atom. The lowest BCUT2D eigenvalue weighted by Gasteiger charge is -2.18. The highest BCUT2D eigenvalue weighted by atomic mass is 16.6. The fourth-order valence-electron chi connectivity index (χ4n) is 7.41. The number of carbonyl (C=O) groups excluding carboxylic acids is 3. The third-order valence-electron chi connectivity index (χ3n) is 11.4. The molecule has 64 heavy (non-hydrogen) atoms. The van der Waals surface area contributed by atoms with Crippen molar-refractivity contribution in [3.63, 3.8) is 0 Å². The highest BCUT2D eigenvalue weighted by molar-refractivity contribution is 5.71. The van der Waals surface area contributed by atoms with Gasteiger partial charge in [-0.05, 0) is 83.5 Å². The summed E-state index contributed by atoms with van der Waals surface area (Å²) in [4.78, 5) is 37.9. The van der Waals surface area contributed by atoms with Gasteiger partial charge in [-0.3, -0.25) is 14.4 Å². The average molecular weight is 893 g/mol. The van der Waals surface area contributed by atoms with Gasteiger partial charge >= 0.3 is 17.9 Å². The van der Waals surface area contributed by atoms with Crippen LogP contribution in [0.15, 0.2) is 72.9 Å². The number of rotatable bonds is 48. The van der Waals surface area contributed by atoms with E-state index >= 15 is 0 Å². The smallest absolute Gasteiger partial charge is 0.306 e. The van der Waals surface area contributed by atoms with Crippen LogP contribution >= 0.6 is 0 Å². The third kappa shape index (κ3) is 49.9. The molecule has 0 saturated carbocycles. The molecule has 368 valence electrons. The Balaban J connectivity index is 4.18. The molecule has 0 aromatic rings. The molecule has 1 unspecified atom stereocenters. The number of hydrogen-bond acceptors (Lipinski definition) is 6. The molecule has 0 radical (unpaired) electrons. The van der Waals surface area contributed by atoms with Crippen molar-refractivity contribution < 1.29 is 28.6 Å². The Kier molecular flexibility index (Phi) is 49.9. The Morgan fingerprint density at radius 3 is 1.02 bits per heavy atom. The summed E-state index contributed by atoms with van der Waals surface area (Å²) >= 11 is 0. The largest absolute Gasteiger partial charge is 0.462 e. The topological polar surface area (TPSA) is 78.9 Å². The highest BCUT2D eigenvalue weighted by Crippen LogP contribution is 2.15. The van der Waals surface area contributed by atoms with Crippen molar-refractivity contribution in [2.24, 2.45) is 0 Å². The average Bonchev–Trinajstić information content (AvgIpc) is 3.29. The molecule has 0 aliphatic carbocycles. The summed E-state index contributed by atoms with van der Waals surface area (Å²) in [6.07, 6.45) is 66.2. The zero-order valence-electron chi connectivity index (χ0n) is 42.0. The minimum Gasteiger partial charge on any atom is -0.462 e. The van der Waals surface area contributed by atoms with E-state index in [1.54, 1.807) is 0 Å². The van der Waals surface area contributed by atoms with Crippen molar-refractivity contribution in [2.45, 2.75) is 264 Å². The SMILES string of the molecule is CC/C=C\C/C=C\C/C=C\C/C=C\CCCCCCCCCCCCCCC(=O)OCC(COC(=O)CCCCCCCCCC)OC(=O)CCCCCCC/C=C\C/C=C\CCC. The van der Waals surface area contributed by atoms with Crippen LogP contribution in [0.1, 0.15) is 258 Å². The minimum atomic E-state index is -0.779. The summed E-state index contributed by atoms with van der Waals surface area (Å²) in [5.41, 5.74) is 0. The van der Waals surface area contributed by atoms with Crippen molar-refractivity contribution in [1.29, 1.82) is 0 Å². The summed E-state index contributed by atoms with van der Waals surface area (Å²) in [7, 11) is 0. The normalized spacial score (nSPS) is 12.6. The quantitative estimate of drug-likeness (QED) is 0.0262. The fraction of sp³-hybridized carbons (Fsp3) is 0.741. The van der Waals surface area contributed by atoms with E-state index in [4.69, 9.17) is 14.2 Å². The number of carbonyl (C=O) groups is 3. The zero-order valence-corrected chi connectivity index (χ0v) is 42.0. The molecule has 0 amide bonds. The van der Waals surface area contributed by atoms with Crippen LogP contribution in [0.4, 0.5) is 0 Å². The molecule has 0 spiro atoms. The second-order valence-corrected chi connectivity index (χ2v) is 17.8. The first kappa shape index (κ1) is 60.9. The monoisotopic (exact) mass is 893 g/mol. The molecule has 0 rings (SSSR count). The first-order chi connectivity index (χ1) is 31.5. The molecule has 0 aromatic carbocycles. The number of allylic oxidation sites excluding steroid dienone is 12. The lowest BCUT2D eigenvalue weighted by Crippen LogP contribution is -2.30. The van der Waals surface area contributed by atoms with Crippen LogP contribution in [-0.2, 0) is 28.6 Å². The molecule has 6 heteroatoms. The van der Waals surface area contributed by atoms with Gasteiger partial charge in [0.05, 0.1) is 0 Å². The van der Waals surface area contributed by atoms with Crippen LogP contribution < -0.4 is 0 Å². The molecular weight excluding hydrogens is 793 g/mol. The number of esters is 3. The van der Waals surface area contributed by atoms with Gasteiger partial charge in [-0.1, -0.05) is 229 Å². The molecule has 0 N–H and O–H groups in total. The first-order valence-electron chi connectivity index (χ1n) is 26.9. The molecule has 0 aliphatic rings. The van der Waals surface area contributed by atoms with Crippen LogP contribution in [0.2, 0.25) is 0 Å². The summed E-state index contributed by atoms with van der Waals surface area (Å²) in [6, 6.07) is 0. The molecular formula is C58H100O6. The molecule has 0 saturated heterocycles. The van der Waals surface area contributed by atoms with Gasteiger partial charge in [-0.25, -0.2) is 0 Å². The van der Waals surface area contributed by atoms with E-state index in [1.165, 1.54) is 103 Å². The van der Waals surface area contributed by atoms with E-state index in [9.17, 15) is 14.4 Å². The van der Waals surface area contributed by atoms with E-state index < -0.39 is 6.10 Å². The Bertz CT molecular complexity index is 1210. The van der Waals surface area contributed by atoms with E-state index in [2.05, 4.69) is 93.7 Å². The van der Waals surface area contributed by atoms with Gasteiger partial charge in [0.25, 0.3) is 0 Å². The maximum Gasteiger partial charge on any atom is 0.306 e. The summed E-state index contributed by atoms with van der Waals surface area (Å²) in [5.74, 6) is -0.898. The van der Waals surface area contributed by atoms with Crippen molar-refractivity contribution in [3.8, 4) is 0 Å². The maximum atomic E-state index is 12.8. The van der Waals surface area contributed by atoms with Gasteiger partial charge in [0.1, 0.15) is 13.2 Å². The molecule has 0 bridgehead atoms. The standard InChI is InChI=1S/C58H100O6/c1-4-7-10-13-16-19-21-23-24-25-26-27-28-29-30-31-32-33-34-36-37-39-42-45-48-51-57(60)63-54-55(53-62-56(59)50-47-44-41-18-15-12-9-6-3)64-58(61)52-49-46-43-40-38-35-22-20-17-14-11-8-5-2/h7,10-11,14,16,19-20,22-24,26-27,55H,4-6,8-9,12-13,15,17-18,21,25,28-54H2,1-3H3/b10-7-,14-11-,19-16-,22-20-,24-23-,27-26-. The van der Waals surface area contributed by atoms with Gasteiger partial charge in [-0.15, -0.1) is 0 Å². The third-order valence-corrected chi connectivity index (χ3v) is 11.4. The van der Waals surface area contributed by atoms with Gasteiger partial charge in [0, 0.05) is 19.3 Å². The van der Waals surface area contributed by atoms with Crippen LogP contribution in [-0.4, -0.2) is 37.2 Å². The fourth-order valence-corrected chi connectivity index (χ4v) is 7.41. The Hall–Kier alpha value is -3.15. The highest BCUT2D eigenvalue weighted by Gasteiger charge is 2.19. The Labute approximate surface area is 395 Å². The summed E-state index contributed by atoms with van der Waals surface area (Å²) in [5, 5.41) is 0. The molecule has 0 heterocycles. The molecule has 6 nitrogen and oxygen atoms in total. The maximum absolute atomic E-state index is 12.8. The molecule has 0 aliphatic heterocycles. The second kappa shape index (κ2) is 52.5. The van der Waals surface area contributed by atoms with Crippen LogP contribution in [0, 0.1) is 0 Å². The molecule has 0 aromatic heterocycles. The van der Waals surface area contributed by atoms with Crippen molar-refractivity contribution in [2.75, 3.05) is 13.2 Å². The zero-order chi connectivity index (χ0) is 46.5. The van der Waals surface area contributed by atoms with E-state index in [0.717, 1.165) is 116 Å². The van der Waals surface area contributed by atoms with E-state index in [-0.39, 0.29) is 31.1 Å². The number of unbranched alkanes of at least 4 members (excludes halogenated alkanes) is 25. The van der Waals surface area contributed by atoms with E-state index in [0.29, 0.717) is 19.3 Å². The molecule has 1 atom stereocenters. The summed E-state index contributed by atoms with van der Waals surface area (Å²) < 4.78 is 16.7. The first-order valence-corrected chi connectivity index (χ1v) is 26.9.